The third-order valence-electron chi connectivity index (χ3n) is 8.37. The number of alkyl halides is 1. The second-order valence-electron chi connectivity index (χ2n) is 11.5. The lowest BCUT2D eigenvalue weighted by Crippen LogP contribution is -2.28. The standard InChI is InChI=1S/C30H27Cl2FN6O4S2/c1-45(41,42)43-14-16-8-19(9-16)17-2-4-18(5-3-17)21-11-23(31)22-13-39(37-26(22)25(21)32)28(29(40)36-30-34-6-7-44-30)27-24-10-20(33)12-38(24)15-35-27/h2-7,11,13,15-16,19-20,28H,8-10,12,14H2,1H3,(H,34,36,40)/t16?,19?,20-,28?/m1/s1. The Morgan fingerprint density at radius 3 is 2.71 bits per heavy atom. The van der Waals surface area contributed by atoms with Gasteiger partial charge in [0.15, 0.2) is 11.2 Å². The van der Waals surface area contributed by atoms with E-state index in [2.05, 4.69) is 15.3 Å². The van der Waals surface area contributed by atoms with Gasteiger partial charge in [-0.3, -0.25) is 19.0 Å². The van der Waals surface area contributed by atoms with Gasteiger partial charge in [-0.05, 0) is 41.9 Å². The molecule has 0 spiro atoms. The van der Waals surface area contributed by atoms with E-state index < -0.39 is 28.2 Å². The number of hydrogen-bond acceptors (Lipinski definition) is 8. The maximum Gasteiger partial charge on any atom is 0.264 e. The predicted molar refractivity (Wildman–Crippen MR) is 171 cm³/mol. The van der Waals surface area contributed by atoms with Crippen LogP contribution < -0.4 is 5.32 Å². The number of hydrogen-bond donors (Lipinski definition) is 1. The number of amides is 1. The molecular formula is C30H27Cl2FN6O4S2. The van der Waals surface area contributed by atoms with Gasteiger partial charge < -0.3 is 4.57 Å². The number of aromatic nitrogens is 5. The van der Waals surface area contributed by atoms with Crippen molar-refractivity contribution in [3.8, 4) is 11.1 Å². The molecule has 2 aliphatic rings. The average Bonchev–Trinajstić information content (AvgIpc) is 3.76. The Morgan fingerprint density at radius 1 is 1.22 bits per heavy atom. The van der Waals surface area contributed by atoms with E-state index in [0.29, 0.717) is 48.9 Å². The van der Waals surface area contributed by atoms with E-state index in [-0.39, 0.29) is 25.5 Å². The summed E-state index contributed by atoms with van der Waals surface area (Å²) < 4.78 is 45.0. The molecule has 0 bridgehead atoms. The predicted octanol–water partition coefficient (Wildman–Crippen LogP) is 6.26. The number of thiazole rings is 1. The summed E-state index contributed by atoms with van der Waals surface area (Å²) in [7, 11) is -3.44. The van der Waals surface area contributed by atoms with Gasteiger partial charge in [-0.25, -0.2) is 14.4 Å². The molecule has 1 saturated carbocycles. The lowest BCUT2D eigenvalue weighted by atomic mass is 9.72. The van der Waals surface area contributed by atoms with Crippen LogP contribution in [0, 0.1) is 5.92 Å². The minimum absolute atomic E-state index is 0.148. The molecule has 10 nitrogen and oxygen atoms in total. The fourth-order valence-corrected chi connectivity index (χ4v) is 7.63. The van der Waals surface area contributed by atoms with Gasteiger partial charge in [0.05, 0.1) is 41.5 Å². The summed E-state index contributed by atoms with van der Waals surface area (Å²) >= 11 is 15.0. The molecule has 1 N–H and O–H groups in total. The molecule has 4 heterocycles. The molecule has 0 saturated heterocycles. The zero-order valence-electron chi connectivity index (χ0n) is 23.9. The molecule has 1 fully saturated rings. The molecular weight excluding hydrogens is 662 g/mol. The van der Waals surface area contributed by atoms with Gasteiger partial charge in [-0.2, -0.15) is 13.5 Å². The van der Waals surface area contributed by atoms with Gasteiger partial charge in [0.1, 0.15) is 11.7 Å². The number of anilines is 1. The minimum Gasteiger partial charge on any atom is -0.331 e. The van der Waals surface area contributed by atoms with Crippen LogP contribution in [0.4, 0.5) is 9.52 Å². The monoisotopic (exact) mass is 688 g/mol. The summed E-state index contributed by atoms with van der Waals surface area (Å²) in [5, 5.41) is 11.1. The number of carbonyl (C=O) groups excluding carboxylic acids is 1. The third-order valence-corrected chi connectivity index (χ3v) is 10.3. The van der Waals surface area contributed by atoms with E-state index in [0.717, 1.165) is 30.2 Å². The first-order valence-corrected chi connectivity index (χ1v) is 17.7. The van der Waals surface area contributed by atoms with Crippen LogP contribution in [0.25, 0.3) is 22.0 Å². The van der Waals surface area contributed by atoms with E-state index >= 15 is 0 Å². The molecule has 1 aliphatic heterocycles. The number of halogens is 3. The van der Waals surface area contributed by atoms with E-state index in [4.69, 9.17) is 32.5 Å². The fraction of sp³-hybridized carbons (Fsp3) is 0.333. The van der Waals surface area contributed by atoms with Gasteiger partial charge in [0.25, 0.3) is 16.0 Å². The third kappa shape index (κ3) is 5.99. The molecule has 1 amide bonds. The van der Waals surface area contributed by atoms with Crippen LogP contribution in [0.3, 0.4) is 0 Å². The first kappa shape index (κ1) is 30.3. The number of rotatable bonds is 9. The normalized spacial score (nSPS) is 20.2. The van der Waals surface area contributed by atoms with Gasteiger partial charge in [0, 0.05) is 40.8 Å². The topological polar surface area (TPSA) is 121 Å². The van der Waals surface area contributed by atoms with Crippen LogP contribution in [-0.4, -0.2) is 57.7 Å². The Balaban J connectivity index is 1.18. The van der Waals surface area contributed by atoms with Crippen molar-refractivity contribution in [1.82, 2.24) is 24.3 Å². The lowest BCUT2D eigenvalue weighted by Gasteiger charge is -2.35. The minimum atomic E-state index is -3.44. The highest BCUT2D eigenvalue weighted by molar-refractivity contribution is 7.85. The summed E-state index contributed by atoms with van der Waals surface area (Å²) in [5.41, 5.74) is 4.14. The second-order valence-corrected chi connectivity index (χ2v) is 14.8. The Hall–Kier alpha value is -3.36. The highest BCUT2D eigenvalue weighted by Crippen LogP contribution is 2.44. The first-order valence-electron chi connectivity index (χ1n) is 14.2. The van der Waals surface area contributed by atoms with Crippen molar-refractivity contribution >= 4 is 66.6 Å². The SMILES string of the molecule is CS(=O)(=O)OCC1CC(c2ccc(-c3cc(Cl)c4cn(C(C(=O)Nc5nccs5)c5ncn6c5C[C@@H](F)C6)nc4c3Cl)cc2)C1. The van der Waals surface area contributed by atoms with Crippen molar-refractivity contribution in [2.75, 3.05) is 18.2 Å². The molecule has 15 heteroatoms. The van der Waals surface area contributed by atoms with Crippen LogP contribution >= 0.6 is 34.5 Å². The zero-order chi connectivity index (χ0) is 31.5. The van der Waals surface area contributed by atoms with Crippen LogP contribution in [0.2, 0.25) is 10.0 Å². The van der Waals surface area contributed by atoms with Crippen LogP contribution in [0.15, 0.2) is 54.4 Å². The molecule has 0 radical (unpaired) electrons. The summed E-state index contributed by atoms with van der Waals surface area (Å²) in [5.74, 6) is 0.115. The van der Waals surface area contributed by atoms with Gasteiger partial charge >= 0.3 is 0 Å². The molecule has 3 aromatic heterocycles. The molecule has 7 rings (SSSR count). The molecule has 45 heavy (non-hydrogen) atoms. The number of benzene rings is 2. The highest BCUT2D eigenvalue weighted by Gasteiger charge is 2.35. The maximum atomic E-state index is 14.3. The number of nitrogens with one attached hydrogen (secondary N) is 1. The fourth-order valence-electron chi connectivity index (χ4n) is 6.11. The van der Waals surface area contributed by atoms with E-state index in [1.54, 1.807) is 34.7 Å². The van der Waals surface area contributed by atoms with E-state index in [1.807, 2.05) is 24.3 Å². The Bertz CT molecular complexity index is 2010. The number of imidazole rings is 1. The largest absolute Gasteiger partial charge is 0.331 e. The first-order chi connectivity index (χ1) is 21.5. The van der Waals surface area contributed by atoms with Crippen LogP contribution in [0.1, 0.15) is 41.8 Å². The smallest absolute Gasteiger partial charge is 0.264 e. The second kappa shape index (κ2) is 11.8. The molecule has 234 valence electrons. The van der Waals surface area contributed by atoms with Crippen molar-refractivity contribution in [2.24, 2.45) is 5.92 Å². The van der Waals surface area contributed by atoms with Crippen LogP contribution in [0.5, 0.6) is 0 Å². The van der Waals surface area contributed by atoms with Gasteiger partial charge in [-0.15, -0.1) is 11.3 Å². The summed E-state index contributed by atoms with van der Waals surface area (Å²) in [4.78, 5) is 22.4. The summed E-state index contributed by atoms with van der Waals surface area (Å²) in [6.07, 6.45) is 6.67. The van der Waals surface area contributed by atoms with Gasteiger partial charge in [0.2, 0.25) is 0 Å². The van der Waals surface area contributed by atoms with Crippen molar-refractivity contribution in [1.29, 1.82) is 0 Å². The number of nitrogens with zero attached hydrogens (tertiary/aromatic N) is 5. The summed E-state index contributed by atoms with van der Waals surface area (Å²) in [6, 6.07) is 8.78. The number of fused-ring (bicyclic) bond motifs is 2. The molecule has 2 aromatic carbocycles. The highest BCUT2D eigenvalue weighted by atomic mass is 35.5. The molecule has 5 aromatic rings. The Morgan fingerprint density at radius 2 is 2.00 bits per heavy atom. The van der Waals surface area contributed by atoms with Gasteiger partial charge in [-0.1, -0.05) is 47.5 Å². The Labute approximate surface area is 272 Å². The van der Waals surface area contributed by atoms with Crippen molar-refractivity contribution in [3.63, 3.8) is 0 Å². The van der Waals surface area contributed by atoms with E-state index in [9.17, 15) is 17.6 Å². The quantitative estimate of drug-likeness (QED) is 0.182. The van der Waals surface area contributed by atoms with Crippen LogP contribution in [-0.2, 0) is 32.1 Å². The average molecular weight is 690 g/mol. The summed E-state index contributed by atoms with van der Waals surface area (Å²) in [6.45, 7) is 0.393. The van der Waals surface area contributed by atoms with Crippen molar-refractivity contribution < 1.29 is 21.8 Å². The van der Waals surface area contributed by atoms with Crippen molar-refractivity contribution in [2.45, 2.75) is 43.9 Å². The molecule has 1 unspecified atom stereocenters. The van der Waals surface area contributed by atoms with Crippen molar-refractivity contribution in [3.05, 3.63) is 81.4 Å². The lowest BCUT2D eigenvalue weighted by molar-refractivity contribution is -0.118. The number of carbonyl (C=O) groups is 1. The molecule has 1 aliphatic carbocycles. The molecule has 2 atom stereocenters. The Kier molecular flexibility index (Phi) is 7.93. The zero-order valence-corrected chi connectivity index (χ0v) is 27.0. The maximum absolute atomic E-state index is 14.3. The van der Waals surface area contributed by atoms with E-state index in [1.165, 1.54) is 16.0 Å².